The van der Waals surface area contributed by atoms with E-state index < -0.39 is 5.82 Å². The maximum Gasteiger partial charge on any atom is 0.254 e. The molecule has 3 rings (SSSR count). The van der Waals surface area contributed by atoms with Crippen LogP contribution in [-0.2, 0) is 6.54 Å². The Bertz CT molecular complexity index is 859. The minimum Gasteiger partial charge on any atom is -0.337 e. The molecular weight excluding hydrogens is 309 g/mol. The average molecular weight is 325 g/mol. The maximum absolute atomic E-state index is 13.2. The number of aromatic nitrogens is 2. The van der Waals surface area contributed by atoms with Gasteiger partial charge in [0.1, 0.15) is 5.82 Å². The first kappa shape index (κ1) is 15.9. The molecule has 0 saturated carbocycles. The van der Waals surface area contributed by atoms with Gasteiger partial charge in [0.05, 0.1) is 6.54 Å². The lowest BCUT2D eigenvalue weighted by atomic mass is 10.1. The van der Waals surface area contributed by atoms with E-state index in [1.807, 2.05) is 31.2 Å². The molecule has 0 aliphatic carbocycles. The van der Waals surface area contributed by atoms with Crippen LogP contribution < -0.4 is 0 Å². The molecule has 24 heavy (non-hydrogen) atoms. The van der Waals surface area contributed by atoms with Crippen molar-refractivity contribution >= 4 is 5.91 Å². The van der Waals surface area contributed by atoms with Gasteiger partial charge in [0.15, 0.2) is 0 Å². The number of hydrogen-bond donors (Lipinski definition) is 0. The van der Waals surface area contributed by atoms with Gasteiger partial charge in [0, 0.05) is 18.2 Å². The summed E-state index contributed by atoms with van der Waals surface area (Å²) in [6.45, 7) is 2.15. The normalized spacial score (nSPS) is 10.6. The minimum absolute atomic E-state index is 0.147. The van der Waals surface area contributed by atoms with E-state index in [-0.39, 0.29) is 18.0 Å². The molecule has 5 nitrogen and oxygen atoms in total. The molecule has 1 aromatic heterocycles. The molecule has 0 aliphatic heterocycles. The van der Waals surface area contributed by atoms with Gasteiger partial charge in [0.2, 0.25) is 11.7 Å². The molecule has 1 amide bonds. The minimum atomic E-state index is -0.450. The Kier molecular flexibility index (Phi) is 4.37. The third-order valence-electron chi connectivity index (χ3n) is 3.57. The van der Waals surface area contributed by atoms with Gasteiger partial charge < -0.3 is 9.42 Å². The Balaban J connectivity index is 1.72. The summed E-state index contributed by atoms with van der Waals surface area (Å²) in [5.74, 6) is 0.0210. The highest BCUT2D eigenvalue weighted by Gasteiger charge is 2.16. The average Bonchev–Trinajstić information content (AvgIpc) is 3.03. The largest absolute Gasteiger partial charge is 0.337 e. The monoisotopic (exact) mass is 325 g/mol. The lowest BCUT2D eigenvalue weighted by molar-refractivity contribution is 0.0769. The SMILES string of the molecule is Cc1ccc(-c2noc(CN(C)C(=O)c3cccc(F)c3)n2)cc1. The lowest BCUT2D eigenvalue weighted by Gasteiger charge is -2.14. The van der Waals surface area contributed by atoms with Gasteiger partial charge in [-0.1, -0.05) is 41.1 Å². The second-order valence-corrected chi connectivity index (χ2v) is 5.55. The van der Waals surface area contributed by atoms with E-state index in [9.17, 15) is 9.18 Å². The Morgan fingerprint density at radius 1 is 1.21 bits per heavy atom. The van der Waals surface area contributed by atoms with E-state index in [4.69, 9.17) is 4.52 Å². The van der Waals surface area contributed by atoms with Crippen molar-refractivity contribution in [2.45, 2.75) is 13.5 Å². The summed E-state index contributed by atoms with van der Waals surface area (Å²) in [4.78, 5) is 18.0. The van der Waals surface area contributed by atoms with Crippen molar-refractivity contribution in [1.82, 2.24) is 15.0 Å². The molecule has 0 atom stereocenters. The van der Waals surface area contributed by atoms with E-state index in [1.165, 1.54) is 23.1 Å². The standard InChI is InChI=1S/C18H16FN3O2/c1-12-6-8-13(9-7-12)17-20-16(24-21-17)11-22(2)18(23)14-4-3-5-15(19)10-14/h3-10H,11H2,1-2H3. The van der Waals surface area contributed by atoms with Crippen LogP contribution in [-0.4, -0.2) is 28.0 Å². The van der Waals surface area contributed by atoms with Crippen LogP contribution in [0.15, 0.2) is 53.1 Å². The summed E-state index contributed by atoms with van der Waals surface area (Å²) in [5, 5.41) is 3.93. The van der Waals surface area contributed by atoms with Crippen LogP contribution in [0.3, 0.4) is 0 Å². The number of carbonyl (C=O) groups is 1. The molecule has 0 unspecified atom stereocenters. The highest BCUT2D eigenvalue weighted by molar-refractivity contribution is 5.93. The van der Waals surface area contributed by atoms with E-state index in [0.29, 0.717) is 11.7 Å². The number of amides is 1. The summed E-state index contributed by atoms with van der Waals surface area (Å²) >= 11 is 0. The van der Waals surface area contributed by atoms with Crippen LogP contribution in [0.2, 0.25) is 0 Å². The maximum atomic E-state index is 13.2. The van der Waals surface area contributed by atoms with Crippen molar-refractivity contribution in [2.75, 3.05) is 7.05 Å². The topological polar surface area (TPSA) is 59.2 Å². The van der Waals surface area contributed by atoms with Crippen LogP contribution in [0.25, 0.3) is 11.4 Å². The first-order chi connectivity index (χ1) is 11.5. The quantitative estimate of drug-likeness (QED) is 0.737. The van der Waals surface area contributed by atoms with Crippen molar-refractivity contribution in [2.24, 2.45) is 0 Å². The highest BCUT2D eigenvalue weighted by Crippen LogP contribution is 2.17. The van der Waals surface area contributed by atoms with Crippen LogP contribution in [0, 0.1) is 12.7 Å². The Morgan fingerprint density at radius 3 is 2.67 bits per heavy atom. The number of aryl methyl sites for hydroxylation is 1. The summed E-state index contributed by atoms with van der Waals surface area (Å²) in [6, 6.07) is 13.3. The zero-order valence-corrected chi connectivity index (χ0v) is 13.4. The molecule has 0 bridgehead atoms. The molecule has 0 aliphatic rings. The van der Waals surface area contributed by atoms with E-state index in [2.05, 4.69) is 10.1 Å². The fourth-order valence-corrected chi connectivity index (χ4v) is 2.26. The third kappa shape index (κ3) is 3.48. The first-order valence-electron chi connectivity index (χ1n) is 7.43. The Morgan fingerprint density at radius 2 is 1.96 bits per heavy atom. The van der Waals surface area contributed by atoms with Crippen LogP contribution in [0.1, 0.15) is 21.8 Å². The molecule has 0 N–H and O–H groups in total. The lowest BCUT2D eigenvalue weighted by Crippen LogP contribution is -2.26. The predicted molar refractivity (Wildman–Crippen MR) is 86.7 cm³/mol. The molecular formula is C18H16FN3O2. The first-order valence-corrected chi connectivity index (χ1v) is 7.43. The Hall–Kier alpha value is -3.02. The molecule has 0 spiro atoms. The second-order valence-electron chi connectivity index (χ2n) is 5.55. The molecule has 3 aromatic rings. The van der Waals surface area contributed by atoms with Crippen LogP contribution in [0.4, 0.5) is 4.39 Å². The molecule has 0 radical (unpaired) electrons. The van der Waals surface area contributed by atoms with Gasteiger partial charge in [-0.05, 0) is 25.1 Å². The zero-order valence-electron chi connectivity index (χ0n) is 13.4. The summed E-state index contributed by atoms with van der Waals surface area (Å²) in [5.41, 5.74) is 2.26. The molecule has 2 aromatic carbocycles. The van der Waals surface area contributed by atoms with Crippen LogP contribution >= 0.6 is 0 Å². The number of hydrogen-bond acceptors (Lipinski definition) is 4. The van der Waals surface area contributed by atoms with Crippen molar-refractivity contribution in [3.05, 3.63) is 71.4 Å². The van der Waals surface area contributed by atoms with Gasteiger partial charge in [-0.3, -0.25) is 4.79 Å². The van der Waals surface area contributed by atoms with Crippen molar-refractivity contribution in [1.29, 1.82) is 0 Å². The number of nitrogens with zero attached hydrogens (tertiary/aromatic N) is 3. The van der Waals surface area contributed by atoms with Gasteiger partial charge in [-0.15, -0.1) is 0 Å². The molecule has 122 valence electrons. The van der Waals surface area contributed by atoms with E-state index in [1.54, 1.807) is 13.1 Å². The number of rotatable bonds is 4. The summed E-state index contributed by atoms with van der Waals surface area (Å²) < 4.78 is 18.4. The van der Waals surface area contributed by atoms with Crippen LogP contribution in [0.5, 0.6) is 0 Å². The summed E-state index contributed by atoms with van der Waals surface area (Å²) in [6.07, 6.45) is 0. The molecule has 0 saturated heterocycles. The second kappa shape index (κ2) is 6.62. The van der Waals surface area contributed by atoms with E-state index in [0.717, 1.165) is 11.1 Å². The number of carbonyl (C=O) groups excluding carboxylic acids is 1. The molecule has 6 heteroatoms. The van der Waals surface area contributed by atoms with E-state index >= 15 is 0 Å². The summed E-state index contributed by atoms with van der Waals surface area (Å²) in [7, 11) is 1.60. The third-order valence-corrected chi connectivity index (χ3v) is 3.57. The molecule has 0 fully saturated rings. The van der Waals surface area contributed by atoms with Gasteiger partial charge >= 0.3 is 0 Å². The number of benzene rings is 2. The molecule has 1 heterocycles. The predicted octanol–water partition coefficient (Wildman–Crippen LogP) is 3.46. The van der Waals surface area contributed by atoms with Gasteiger partial charge in [-0.25, -0.2) is 4.39 Å². The fraction of sp³-hybridized carbons (Fsp3) is 0.167. The van der Waals surface area contributed by atoms with Crippen molar-refractivity contribution < 1.29 is 13.7 Å². The van der Waals surface area contributed by atoms with Gasteiger partial charge in [-0.2, -0.15) is 4.98 Å². The van der Waals surface area contributed by atoms with Crippen molar-refractivity contribution in [3.8, 4) is 11.4 Å². The van der Waals surface area contributed by atoms with Gasteiger partial charge in [0.25, 0.3) is 5.91 Å². The van der Waals surface area contributed by atoms with Crippen molar-refractivity contribution in [3.63, 3.8) is 0 Å². The Labute approximate surface area is 138 Å². The highest BCUT2D eigenvalue weighted by atomic mass is 19.1. The number of halogens is 1. The zero-order chi connectivity index (χ0) is 17.1. The smallest absolute Gasteiger partial charge is 0.254 e. The fourth-order valence-electron chi connectivity index (χ4n) is 2.26.